The van der Waals surface area contributed by atoms with Gasteiger partial charge in [-0.25, -0.2) is 0 Å². The molecule has 1 aromatic heterocycles. The van der Waals surface area contributed by atoms with Crippen LogP contribution in [0.1, 0.15) is 47.2 Å². The minimum absolute atomic E-state index is 0.0714. The number of halogens is 1. The van der Waals surface area contributed by atoms with Crippen molar-refractivity contribution in [2.45, 2.75) is 32.2 Å². The standard InChI is InChI=1S/C19H23ClN2O2/c1-14-8-9-18(24-14)17(22-10-3-2-4-11-22)13-21-19(23)15-6-5-7-16(20)12-15/h5-9,12,17H,2-4,10-11,13H2,1H3,(H,21,23)/t17-/m1/s1. The van der Waals surface area contributed by atoms with Crippen LogP contribution in [0.2, 0.25) is 5.02 Å². The first-order valence-electron chi connectivity index (χ1n) is 8.47. The van der Waals surface area contributed by atoms with E-state index >= 15 is 0 Å². The molecule has 1 N–H and O–H groups in total. The molecule has 0 saturated carbocycles. The Labute approximate surface area is 147 Å². The summed E-state index contributed by atoms with van der Waals surface area (Å²) in [4.78, 5) is 14.8. The largest absolute Gasteiger partial charge is 0.465 e. The van der Waals surface area contributed by atoms with Crippen molar-refractivity contribution in [2.75, 3.05) is 19.6 Å². The van der Waals surface area contributed by atoms with E-state index in [9.17, 15) is 4.79 Å². The number of furan rings is 1. The molecule has 4 nitrogen and oxygen atoms in total. The van der Waals surface area contributed by atoms with E-state index in [1.54, 1.807) is 24.3 Å². The molecule has 0 unspecified atom stereocenters. The maximum absolute atomic E-state index is 12.4. The molecule has 1 saturated heterocycles. The number of aryl methyl sites for hydroxylation is 1. The van der Waals surface area contributed by atoms with E-state index in [1.165, 1.54) is 19.3 Å². The summed E-state index contributed by atoms with van der Waals surface area (Å²) < 4.78 is 5.84. The third kappa shape index (κ3) is 4.19. The lowest BCUT2D eigenvalue weighted by Gasteiger charge is -2.33. The first-order valence-corrected chi connectivity index (χ1v) is 8.85. The van der Waals surface area contributed by atoms with Crippen LogP contribution in [0.4, 0.5) is 0 Å². The van der Waals surface area contributed by atoms with Crippen molar-refractivity contribution >= 4 is 17.5 Å². The highest BCUT2D eigenvalue weighted by molar-refractivity contribution is 6.30. The monoisotopic (exact) mass is 346 g/mol. The summed E-state index contributed by atoms with van der Waals surface area (Å²) in [7, 11) is 0. The first kappa shape index (κ1) is 17.1. The molecule has 1 fully saturated rings. The Morgan fingerprint density at radius 2 is 2.04 bits per heavy atom. The summed E-state index contributed by atoms with van der Waals surface area (Å²) in [5.41, 5.74) is 0.579. The number of hydrogen-bond acceptors (Lipinski definition) is 3. The molecule has 0 aliphatic carbocycles. The summed E-state index contributed by atoms with van der Waals surface area (Å²) in [6.45, 7) is 4.55. The number of rotatable bonds is 5. The third-order valence-electron chi connectivity index (χ3n) is 4.46. The van der Waals surface area contributed by atoms with Gasteiger partial charge in [-0.05, 0) is 63.2 Å². The van der Waals surface area contributed by atoms with E-state index in [1.807, 2.05) is 19.1 Å². The molecular formula is C19H23ClN2O2. The maximum Gasteiger partial charge on any atom is 0.251 e. The zero-order chi connectivity index (χ0) is 16.9. The second-order valence-corrected chi connectivity index (χ2v) is 6.72. The van der Waals surface area contributed by atoms with Crippen LogP contribution in [0.3, 0.4) is 0 Å². The average molecular weight is 347 g/mol. The molecular weight excluding hydrogens is 324 g/mol. The summed E-state index contributed by atoms with van der Waals surface area (Å²) in [6, 6.07) is 11.1. The van der Waals surface area contributed by atoms with Crippen molar-refractivity contribution < 1.29 is 9.21 Å². The van der Waals surface area contributed by atoms with Crippen LogP contribution in [0.5, 0.6) is 0 Å². The quantitative estimate of drug-likeness (QED) is 0.882. The molecule has 0 spiro atoms. The number of carbonyl (C=O) groups excluding carboxylic acids is 1. The van der Waals surface area contributed by atoms with Crippen molar-refractivity contribution in [3.63, 3.8) is 0 Å². The fourth-order valence-corrected chi connectivity index (χ4v) is 3.38. The van der Waals surface area contributed by atoms with Crippen LogP contribution >= 0.6 is 11.6 Å². The second-order valence-electron chi connectivity index (χ2n) is 6.28. The predicted octanol–water partition coefficient (Wildman–Crippen LogP) is 4.20. The Kier molecular flexibility index (Phi) is 5.59. The van der Waals surface area contributed by atoms with E-state index in [4.69, 9.17) is 16.0 Å². The Morgan fingerprint density at radius 3 is 2.71 bits per heavy atom. The highest BCUT2D eigenvalue weighted by Gasteiger charge is 2.25. The Balaban J connectivity index is 1.70. The molecule has 1 amide bonds. The van der Waals surface area contributed by atoms with Gasteiger partial charge in [0.2, 0.25) is 0 Å². The van der Waals surface area contributed by atoms with Crippen LogP contribution < -0.4 is 5.32 Å². The molecule has 128 valence electrons. The minimum Gasteiger partial charge on any atom is -0.465 e. The normalized spacial score (nSPS) is 16.8. The fraction of sp³-hybridized carbons (Fsp3) is 0.421. The minimum atomic E-state index is -0.109. The third-order valence-corrected chi connectivity index (χ3v) is 4.70. The van der Waals surface area contributed by atoms with Gasteiger partial charge in [0.15, 0.2) is 0 Å². The lowest BCUT2D eigenvalue weighted by molar-refractivity contribution is 0.0913. The molecule has 5 heteroatoms. The van der Waals surface area contributed by atoms with Gasteiger partial charge in [-0.1, -0.05) is 24.1 Å². The van der Waals surface area contributed by atoms with Crippen molar-refractivity contribution in [2.24, 2.45) is 0 Å². The number of likely N-dealkylation sites (tertiary alicyclic amines) is 1. The molecule has 0 bridgehead atoms. The number of piperidine rings is 1. The summed E-state index contributed by atoms with van der Waals surface area (Å²) >= 11 is 5.97. The van der Waals surface area contributed by atoms with Crippen LogP contribution in [0, 0.1) is 6.92 Å². The van der Waals surface area contributed by atoms with Gasteiger partial charge in [0.1, 0.15) is 11.5 Å². The molecule has 3 rings (SSSR count). The van der Waals surface area contributed by atoms with Crippen molar-refractivity contribution in [1.29, 1.82) is 0 Å². The number of hydrogen-bond donors (Lipinski definition) is 1. The van der Waals surface area contributed by atoms with Crippen LogP contribution in [0.25, 0.3) is 0 Å². The molecule has 0 radical (unpaired) electrons. The molecule has 2 heterocycles. The zero-order valence-electron chi connectivity index (χ0n) is 13.9. The second kappa shape index (κ2) is 7.86. The Bertz CT molecular complexity index is 692. The molecule has 1 atom stereocenters. The van der Waals surface area contributed by atoms with Gasteiger partial charge in [0.05, 0.1) is 6.04 Å². The number of nitrogens with one attached hydrogen (secondary N) is 1. The van der Waals surface area contributed by atoms with E-state index in [2.05, 4.69) is 10.2 Å². The van der Waals surface area contributed by atoms with E-state index in [-0.39, 0.29) is 11.9 Å². The highest BCUT2D eigenvalue weighted by Crippen LogP contribution is 2.25. The van der Waals surface area contributed by atoms with Gasteiger partial charge >= 0.3 is 0 Å². The number of amides is 1. The van der Waals surface area contributed by atoms with Gasteiger partial charge in [0, 0.05) is 17.1 Å². The van der Waals surface area contributed by atoms with E-state index < -0.39 is 0 Å². The van der Waals surface area contributed by atoms with Crippen LogP contribution in [0.15, 0.2) is 40.8 Å². The molecule has 1 aliphatic heterocycles. The average Bonchev–Trinajstić information content (AvgIpc) is 3.02. The number of benzene rings is 1. The summed E-state index contributed by atoms with van der Waals surface area (Å²) in [6.07, 6.45) is 3.66. The van der Waals surface area contributed by atoms with E-state index in [0.29, 0.717) is 17.1 Å². The molecule has 1 aliphatic rings. The van der Waals surface area contributed by atoms with Crippen molar-refractivity contribution in [1.82, 2.24) is 10.2 Å². The number of nitrogens with zero attached hydrogens (tertiary/aromatic N) is 1. The number of carbonyl (C=O) groups is 1. The lowest BCUT2D eigenvalue weighted by atomic mass is 10.1. The van der Waals surface area contributed by atoms with Gasteiger partial charge in [0.25, 0.3) is 5.91 Å². The van der Waals surface area contributed by atoms with Gasteiger partial charge in [-0.15, -0.1) is 0 Å². The van der Waals surface area contributed by atoms with Crippen molar-refractivity contribution in [3.8, 4) is 0 Å². The smallest absolute Gasteiger partial charge is 0.251 e. The van der Waals surface area contributed by atoms with Crippen LogP contribution in [-0.4, -0.2) is 30.4 Å². The van der Waals surface area contributed by atoms with E-state index in [0.717, 1.165) is 24.6 Å². The molecule has 1 aromatic carbocycles. The highest BCUT2D eigenvalue weighted by atomic mass is 35.5. The topological polar surface area (TPSA) is 45.5 Å². The van der Waals surface area contributed by atoms with Crippen molar-refractivity contribution in [3.05, 3.63) is 58.5 Å². The first-order chi connectivity index (χ1) is 11.6. The predicted molar refractivity (Wildman–Crippen MR) is 95.4 cm³/mol. The van der Waals surface area contributed by atoms with Gasteiger partial charge < -0.3 is 9.73 Å². The lowest BCUT2D eigenvalue weighted by Crippen LogP contribution is -2.40. The van der Waals surface area contributed by atoms with Gasteiger partial charge in [-0.3, -0.25) is 9.69 Å². The van der Waals surface area contributed by atoms with Crippen LogP contribution in [-0.2, 0) is 0 Å². The summed E-state index contributed by atoms with van der Waals surface area (Å²) in [5, 5.41) is 3.60. The SMILES string of the molecule is Cc1ccc([C@@H](CNC(=O)c2cccc(Cl)c2)N2CCCCC2)o1. The Hall–Kier alpha value is -1.78. The fourth-order valence-electron chi connectivity index (χ4n) is 3.19. The van der Waals surface area contributed by atoms with Gasteiger partial charge in [-0.2, -0.15) is 0 Å². The Morgan fingerprint density at radius 1 is 1.25 bits per heavy atom. The maximum atomic E-state index is 12.4. The molecule has 24 heavy (non-hydrogen) atoms. The molecule has 2 aromatic rings. The zero-order valence-corrected chi connectivity index (χ0v) is 14.7. The summed E-state index contributed by atoms with van der Waals surface area (Å²) in [5.74, 6) is 1.71.